The summed E-state index contributed by atoms with van der Waals surface area (Å²) in [6.45, 7) is 2.17. The predicted molar refractivity (Wildman–Crippen MR) is 84.3 cm³/mol. The average molecular weight is 313 g/mol. The minimum absolute atomic E-state index is 0.0878. The Morgan fingerprint density at radius 1 is 1.26 bits per heavy atom. The molecule has 0 bridgehead atoms. The van der Waals surface area contributed by atoms with Crippen molar-refractivity contribution in [2.45, 2.75) is 13.5 Å². The van der Waals surface area contributed by atoms with Crippen LogP contribution in [0.15, 0.2) is 33.9 Å². The van der Waals surface area contributed by atoms with Gasteiger partial charge in [0.15, 0.2) is 0 Å². The van der Waals surface area contributed by atoms with Gasteiger partial charge in [0.05, 0.1) is 17.8 Å². The maximum absolute atomic E-state index is 12.1. The van der Waals surface area contributed by atoms with E-state index in [9.17, 15) is 14.4 Å². The Labute approximate surface area is 130 Å². The topological polar surface area (TPSA) is 113 Å². The predicted octanol–water partition coefficient (Wildman–Crippen LogP) is 0.188. The summed E-state index contributed by atoms with van der Waals surface area (Å²) in [5.41, 5.74) is 1.34. The van der Waals surface area contributed by atoms with Gasteiger partial charge in [-0.15, -0.1) is 0 Å². The molecule has 118 valence electrons. The van der Waals surface area contributed by atoms with Crippen molar-refractivity contribution in [1.82, 2.24) is 25.1 Å². The van der Waals surface area contributed by atoms with Gasteiger partial charge in [-0.25, -0.2) is 4.79 Å². The van der Waals surface area contributed by atoms with E-state index in [4.69, 9.17) is 0 Å². The van der Waals surface area contributed by atoms with Crippen LogP contribution in [0, 0.1) is 6.92 Å². The molecule has 0 aliphatic heterocycles. The highest BCUT2D eigenvalue weighted by Crippen LogP contribution is 2.19. The Hall–Kier alpha value is -3.16. The molecule has 0 atom stereocenters. The number of nitrogens with zero attached hydrogens (tertiary/aromatic N) is 2. The van der Waals surface area contributed by atoms with Crippen molar-refractivity contribution in [3.05, 3.63) is 62.1 Å². The third-order valence-corrected chi connectivity index (χ3v) is 3.50. The Bertz CT molecular complexity index is 984. The number of H-pyrrole nitrogens is 2. The van der Waals surface area contributed by atoms with E-state index in [2.05, 4.69) is 15.4 Å². The number of amides is 1. The smallest absolute Gasteiger partial charge is 0.326 e. The van der Waals surface area contributed by atoms with Gasteiger partial charge >= 0.3 is 5.69 Å². The van der Waals surface area contributed by atoms with Crippen LogP contribution in [0.1, 0.15) is 21.7 Å². The molecular weight excluding hydrogens is 298 g/mol. The number of fused-ring (bicyclic) bond motifs is 1. The first-order valence-electron chi connectivity index (χ1n) is 6.98. The van der Waals surface area contributed by atoms with Crippen molar-refractivity contribution in [2.24, 2.45) is 7.05 Å². The van der Waals surface area contributed by atoms with Gasteiger partial charge in [0.1, 0.15) is 5.69 Å². The van der Waals surface area contributed by atoms with E-state index in [0.717, 1.165) is 22.5 Å². The first kappa shape index (κ1) is 14.8. The minimum Gasteiger partial charge on any atom is -0.345 e. The van der Waals surface area contributed by atoms with E-state index >= 15 is 0 Å². The number of carbonyl (C=O) groups excluding carboxylic acids is 1. The van der Waals surface area contributed by atoms with Gasteiger partial charge in [-0.3, -0.25) is 19.3 Å². The molecule has 3 rings (SSSR count). The quantitative estimate of drug-likeness (QED) is 0.640. The fourth-order valence-corrected chi connectivity index (χ4v) is 2.43. The molecule has 0 radical (unpaired) electrons. The molecule has 0 spiro atoms. The summed E-state index contributed by atoms with van der Waals surface area (Å²) in [6, 6.07) is 7.00. The van der Waals surface area contributed by atoms with Crippen molar-refractivity contribution in [3.63, 3.8) is 0 Å². The highest BCUT2D eigenvalue weighted by molar-refractivity contribution is 5.92. The lowest BCUT2D eigenvalue weighted by Crippen LogP contribution is -2.30. The molecule has 8 nitrogen and oxygen atoms in total. The molecule has 2 heterocycles. The van der Waals surface area contributed by atoms with Crippen molar-refractivity contribution < 1.29 is 4.79 Å². The molecule has 0 saturated heterocycles. The van der Waals surface area contributed by atoms with E-state index in [1.165, 1.54) is 0 Å². The molecule has 0 aliphatic carbocycles. The van der Waals surface area contributed by atoms with E-state index in [0.29, 0.717) is 5.69 Å². The van der Waals surface area contributed by atoms with Crippen LogP contribution in [0.2, 0.25) is 0 Å². The summed E-state index contributed by atoms with van der Waals surface area (Å²) < 4.78 is 1.74. The maximum Gasteiger partial charge on any atom is 0.326 e. The van der Waals surface area contributed by atoms with Crippen LogP contribution in [0.3, 0.4) is 0 Å². The second kappa shape index (κ2) is 5.56. The average Bonchev–Trinajstić information content (AvgIpc) is 2.79. The molecule has 3 N–H and O–H groups in total. The zero-order valence-electron chi connectivity index (χ0n) is 12.6. The number of carbonyl (C=O) groups is 1. The van der Waals surface area contributed by atoms with Crippen LogP contribution < -0.4 is 16.6 Å². The number of rotatable bonds is 3. The van der Waals surface area contributed by atoms with Crippen LogP contribution >= 0.6 is 0 Å². The highest BCUT2D eigenvalue weighted by atomic mass is 16.2. The largest absolute Gasteiger partial charge is 0.345 e. The Morgan fingerprint density at radius 2 is 2.04 bits per heavy atom. The number of benzene rings is 1. The van der Waals surface area contributed by atoms with Gasteiger partial charge in [-0.2, -0.15) is 5.10 Å². The maximum atomic E-state index is 12.1. The lowest BCUT2D eigenvalue weighted by Gasteiger charge is -2.03. The Morgan fingerprint density at radius 3 is 2.78 bits per heavy atom. The zero-order valence-corrected chi connectivity index (χ0v) is 12.6. The van der Waals surface area contributed by atoms with Gasteiger partial charge in [-0.1, -0.05) is 11.6 Å². The standard InChI is InChI=1S/C15H15N5O3/c1-8-3-4-12-9(5-8)11(19-20(12)2)7-16-14(22)10-6-13(21)18-15(23)17-10/h3-6H,7H2,1-2H3,(H,16,22)(H2,17,18,21,23). The SMILES string of the molecule is Cc1ccc2c(c1)c(CNC(=O)c1cc(=O)[nH]c(=O)[nH]1)nn2C. The van der Waals surface area contributed by atoms with Crippen LogP contribution in [0.4, 0.5) is 0 Å². The number of aryl methyl sites for hydroxylation is 2. The van der Waals surface area contributed by atoms with Crippen molar-refractivity contribution in [3.8, 4) is 0 Å². The summed E-state index contributed by atoms with van der Waals surface area (Å²) in [5.74, 6) is -0.542. The summed E-state index contributed by atoms with van der Waals surface area (Å²) in [4.78, 5) is 38.8. The fraction of sp³-hybridized carbons (Fsp3) is 0.200. The molecule has 2 aromatic heterocycles. The molecule has 8 heteroatoms. The van der Waals surface area contributed by atoms with Crippen LogP contribution in [-0.4, -0.2) is 25.7 Å². The van der Waals surface area contributed by atoms with Gasteiger partial charge in [0.2, 0.25) is 0 Å². The summed E-state index contributed by atoms with van der Waals surface area (Å²) >= 11 is 0. The second-order valence-electron chi connectivity index (χ2n) is 5.27. The number of hydrogen-bond donors (Lipinski definition) is 3. The Kier molecular flexibility index (Phi) is 3.57. The summed E-state index contributed by atoms with van der Waals surface area (Å²) in [6.07, 6.45) is 0. The third kappa shape index (κ3) is 2.91. The monoisotopic (exact) mass is 313 g/mol. The number of nitrogens with one attached hydrogen (secondary N) is 3. The zero-order chi connectivity index (χ0) is 16.6. The molecule has 3 aromatic rings. The lowest BCUT2D eigenvalue weighted by atomic mass is 10.1. The first-order chi connectivity index (χ1) is 10.9. The molecule has 0 saturated carbocycles. The summed E-state index contributed by atoms with van der Waals surface area (Å²) in [7, 11) is 1.83. The van der Waals surface area contributed by atoms with E-state index in [1.807, 2.05) is 37.2 Å². The van der Waals surface area contributed by atoms with E-state index < -0.39 is 17.2 Å². The molecule has 1 aromatic carbocycles. The molecular formula is C15H15N5O3. The van der Waals surface area contributed by atoms with Crippen LogP contribution in [-0.2, 0) is 13.6 Å². The molecule has 1 amide bonds. The van der Waals surface area contributed by atoms with E-state index in [-0.39, 0.29) is 12.2 Å². The van der Waals surface area contributed by atoms with E-state index in [1.54, 1.807) is 4.68 Å². The number of aromatic amines is 2. The lowest BCUT2D eigenvalue weighted by molar-refractivity contribution is 0.0945. The molecule has 0 unspecified atom stereocenters. The van der Waals surface area contributed by atoms with Gasteiger partial charge in [0, 0.05) is 18.5 Å². The van der Waals surface area contributed by atoms with Crippen molar-refractivity contribution >= 4 is 16.8 Å². The van der Waals surface area contributed by atoms with Crippen LogP contribution in [0.25, 0.3) is 10.9 Å². The van der Waals surface area contributed by atoms with Gasteiger partial charge < -0.3 is 10.3 Å². The highest BCUT2D eigenvalue weighted by Gasteiger charge is 2.12. The number of hydrogen-bond acceptors (Lipinski definition) is 4. The third-order valence-electron chi connectivity index (χ3n) is 3.50. The van der Waals surface area contributed by atoms with Crippen molar-refractivity contribution in [2.75, 3.05) is 0 Å². The van der Waals surface area contributed by atoms with Crippen LogP contribution in [0.5, 0.6) is 0 Å². The normalized spacial score (nSPS) is 10.9. The second-order valence-corrected chi connectivity index (χ2v) is 5.27. The van der Waals surface area contributed by atoms with Gasteiger partial charge in [-0.05, 0) is 19.1 Å². The molecule has 0 aliphatic rings. The Balaban J connectivity index is 1.86. The minimum atomic E-state index is -0.721. The first-order valence-corrected chi connectivity index (χ1v) is 6.98. The molecule has 0 fully saturated rings. The summed E-state index contributed by atoms with van der Waals surface area (Å²) in [5, 5.41) is 8.00. The van der Waals surface area contributed by atoms with Crippen molar-refractivity contribution in [1.29, 1.82) is 0 Å². The molecule has 23 heavy (non-hydrogen) atoms. The van der Waals surface area contributed by atoms with Gasteiger partial charge in [0.25, 0.3) is 11.5 Å². The number of aromatic nitrogens is 4. The fourth-order valence-electron chi connectivity index (χ4n) is 2.43.